The van der Waals surface area contributed by atoms with Gasteiger partial charge in [-0.1, -0.05) is 32.6 Å². The van der Waals surface area contributed by atoms with Gasteiger partial charge in [-0.15, -0.1) is 0 Å². The normalized spacial score (nSPS) is 29.1. The molecule has 2 rings (SSSR count). The molecular formula is C17H33NO2. The maximum absolute atomic E-state index is 6.22. The van der Waals surface area contributed by atoms with Gasteiger partial charge in [-0.25, -0.2) is 0 Å². The van der Waals surface area contributed by atoms with Gasteiger partial charge in [0.05, 0.1) is 6.10 Å². The van der Waals surface area contributed by atoms with Crippen LogP contribution in [0, 0.1) is 5.41 Å². The maximum atomic E-state index is 6.22. The summed E-state index contributed by atoms with van der Waals surface area (Å²) in [6.07, 6.45) is 12.3. The summed E-state index contributed by atoms with van der Waals surface area (Å²) in [6, 6.07) is 0.702. The molecule has 0 amide bonds. The molecule has 118 valence electrons. The first-order valence-electron chi connectivity index (χ1n) is 8.67. The molecule has 2 saturated carbocycles. The first-order chi connectivity index (χ1) is 9.83. The smallest absolute Gasteiger partial charge is 0.0661 e. The Morgan fingerprint density at radius 2 is 1.85 bits per heavy atom. The fourth-order valence-corrected chi connectivity index (χ4v) is 4.07. The summed E-state index contributed by atoms with van der Waals surface area (Å²) in [4.78, 5) is 0. The lowest BCUT2D eigenvalue weighted by Crippen LogP contribution is -2.63. The van der Waals surface area contributed by atoms with E-state index >= 15 is 0 Å². The fourth-order valence-electron chi connectivity index (χ4n) is 4.07. The number of rotatable bonds is 8. The SMILES string of the molecule is CCCNC1CC(OCCCOC)C12CCCCCC2. The van der Waals surface area contributed by atoms with Crippen LogP contribution in [0.25, 0.3) is 0 Å². The second-order valence-electron chi connectivity index (χ2n) is 6.60. The lowest BCUT2D eigenvalue weighted by atomic mass is 9.57. The molecule has 2 atom stereocenters. The predicted molar refractivity (Wildman–Crippen MR) is 83.1 cm³/mol. The number of methoxy groups -OCH3 is 1. The van der Waals surface area contributed by atoms with Crippen molar-refractivity contribution in [2.45, 2.75) is 76.9 Å². The highest BCUT2D eigenvalue weighted by Crippen LogP contribution is 2.52. The van der Waals surface area contributed by atoms with Crippen molar-refractivity contribution < 1.29 is 9.47 Å². The summed E-state index contributed by atoms with van der Waals surface area (Å²) in [6.45, 7) is 5.09. The van der Waals surface area contributed by atoms with E-state index in [1.807, 2.05) is 0 Å². The van der Waals surface area contributed by atoms with E-state index in [1.165, 1.54) is 51.4 Å². The van der Waals surface area contributed by atoms with Gasteiger partial charge in [0.1, 0.15) is 0 Å². The Bertz CT molecular complexity index is 260. The van der Waals surface area contributed by atoms with Crippen LogP contribution in [-0.4, -0.2) is 39.0 Å². The number of hydrogen-bond acceptors (Lipinski definition) is 3. The van der Waals surface area contributed by atoms with Gasteiger partial charge in [0.2, 0.25) is 0 Å². The van der Waals surface area contributed by atoms with Crippen molar-refractivity contribution >= 4 is 0 Å². The van der Waals surface area contributed by atoms with Gasteiger partial charge in [0.25, 0.3) is 0 Å². The van der Waals surface area contributed by atoms with E-state index < -0.39 is 0 Å². The molecule has 2 aliphatic rings. The Hall–Kier alpha value is -0.120. The Morgan fingerprint density at radius 3 is 2.50 bits per heavy atom. The largest absolute Gasteiger partial charge is 0.385 e. The van der Waals surface area contributed by atoms with Crippen molar-refractivity contribution in [3.05, 3.63) is 0 Å². The van der Waals surface area contributed by atoms with Crippen molar-refractivity contribution in [3.63, 3.8) is 0 Å². The van der Waals surface area contributed by atoms with Crippen LogP contribution in [0.4, 0.5) is 0 Å². The third kappa shape index (κ3) is 3.75. The van der Waals surface area contributed by atoms with E-state index in [0.717, 1.165) is 26.2 Å². The summed E-state index contributed by atoms with van der Waals surface area (Å²) in [5.74, 6) is 0. The van der Waals surface area contributed by atoms with E-state index in [0.29, 0.717) is 17.6 Å². The lowest BCUT2D eigenvalue weighted by Gasteiger charge is -2.56. The zero-order chi connectivity index (χ0) is 14.3. The third-order valence-corrected chi connectivity index (χ3v) is 5.27. The first-order valence-corrected chi connectivity index (χ1v) is 8.67. The lowest BCUT2D eigenvalue weighted by molar-refractivity contribution is -0.145. The highest BCUT2D eigenvalue weighted by atomic mass is 16.5. The van der Waals surface area contributed by atoms with Gasteiger partial charge < -0.3 is 14.8 Å². The maximum Gasteiger partial charge on any atom is 0.0661 e. The fraction of sp³-hybridized carbons (Fsp3) is 1.00. The van der Waals surface area contributed by atoms with Gasteiger partial charge >= 0.3 is 0 Å². The molecule has 0 heterocycles. The minimum Gasteiger partial charge on any atom is -0.385 e. The predicted octanol–water partition coefficient (Wildman–Crippen LogP) is 3.52. The number of nitrogens with one attached hydrogen (secondary N) is 1. The molecular weight excluding hydrogens is 250 g/mol. The van der Waals surface area contributed by atoms with E-state index in [-0.39, 0.29) is 0 Å². The third-order valence-electron chi connectivity index (χ3n) is 5.27. The Morgan fingerprint density at radius 1 is 1.10 bits per heavy atom. The van der Waals surface area contributed by atoms with Crippen LogP contribution in [0.5, 0.6) is 0 Å². The average molecular weight is 283 g/mol. The molecule has 0 bridgehead atoms. The molecule has 3 heteroatoms. The minimum absolute atomic E-state index is 0.443. The van der Waals surface area contributed by atoms with Gasteiger partial charge in [-0.05, 0) is 38.6 Å². The van der Waals surface area contributed by atoms with Crippen molar-refractivity contribution in [3.8, 4) is 0 Å². The molecule has 20 heavy (non-hydrogen) atoms. The summed E-state index contributed by atoms with van der Waals surface area (Å²) < 4.78 is 11.3. The van der Waals surface area contributed by atoms with Crippen LogP contribution >= 0.6 is 0 Å². The van der Waals surface area contributed by atoms with Crippen molar-refractivity contribution in [2.75, 3.05) is 26.9 Å². The molecule has 2 unspecified atom stereocenters. The molecule has 3 nitrogen and oxygen atoms in total. The Balaban J connectivity index is 1.87. The number of hydrogen-bond donors (Lipinski definition) is 1. The van der Waals surface area contributed by atoms with E-state index in [4.69, 9.17) is 9.47 Å². The van der Waals surface area contributed by atoms with Crippen LogP contribution in [0.2, 0.25) is 0 Å². The molecule has 2 fully saturated rings. The van der Waals surface area contributed by atoms with E-state index in [1.54, 1.807) is 7.11 Å². The minimum atomic E-state index is 0.443. The van der Waals surface area contributed by atoms with Crippen molar-refractivity contribution in [2.24, 2.45) is 5.41 Å². The molecule has 0 aromatic heterocycles. The van der Waals surface area contributed by atoms with Crippen molar-refractivity contribution in [1.82, 2.24) is 5.32 Å². The summed E-state index contributed by atoms with van der Waals surface area (Å²) in [5.41, 5.74) is 0.443. The molecule has 0 aromatic rings. The van der Waals surface area contributed by atoms with Gasteiger partial charge in [-0.3, -0.25) is 0 Å². The second-order valence-corrected chi connectivity index (χ2v) is 6.60. The zero-order valence-electron chi connectivity index (χ0n) is 13.5. The van der Waals surface area contributed by atoms with Gasteiger partial charge in [0, 0.05) is 31.8 Å². The van der Waals surface area contributed by atoms with Gasteiger partial charge in [0.15, 0.2) is 0 Å². The molecule has 0 aromatic carbocycles. The summed E-state index contributed by atoms with van der Waals surface area (Å²) in [7, 11) is 1.76. The monoisotopic (exact) mass is 283 g/mol. The van der Waals surface area contributed by atoms with Crippen LogP contribution in [0.1, 0.15) is 64.7 Å². The topological polar surface area (TPSA) is 30.5 Å². The van der Waals surface area contributed by atoms with E-state index in [9.17, 15) is 0 Å². The van der Waals surface area contributed by atoms with Crippen molar-refractivity contribution in [1.29, 1.82) is 0 Å². The molecule has 2 aliphatic carbocycles. The summed E-state index contributed by atoms with van der Waals surface area (Å²) in [5, 5.41) is 3.78. The van der Waals surface area contributed by atoms with Gasteiger partial charge in [-0.2, -0.15) is 0 Å². The molecule has 0 saturated heterocycles. The average Bonchev–Trinajstić information content (AvgIpc) is 2.73. The Labute approximate surface area is 124 Å². The van der Waals surface area contributed by atoms with Crippen LogP contribution in [0.15, 0.2) is 0 Å². The highest BCUT2D eigenvalue weighted by molar-refractivity contribution is 5.08. The highest BCUT2D eigenvalue weighted by Gasteiger charge is 2.54. The molecule has 0 aliphatic heterocycles. The second kappa shape index (κ2) is 8.35. The summed E-state index contributed by atoms with van der Waals surface area (Å²) >= 11 is 0. The van der Waals surface area contributed by atoms with Crippen LogP contribution in [0.3, 0.4) is 0 Å². The quantitative estimate of drug-likeness (QED) is 0.691. The molecule has 1 spiro atoms. The standard InChI is InChI=1S/C17H33NO2/c1-3-11-18-15-14-16(20-13-8-12-19-2)17(15)9-6-4-5-7-10-17/h15-16,18H,3-14H2,1-2H3. The molecule has 1 N–H and O–H groups in total. The molecule has 0 radical (unpaired) electrons. The Kier molecular flexibility index (Phi) is 6.79. The number of ether oxygens (including phenoxy) is 2. The van der Waals surface area contributed by atoms with Crippen LogP contribution in [-0.2, 0) is 9.47 Å². The van der Waals surface area contributed by atoms with Crippen LogP contribution < -0.4 is 5.32 Å². The zero-order valence-corrected chi connectivity index (χ0v) is 13.5. The first kappa shape index (κ1) is 16.3. The van der Waals surface area contributed by atoms with E-state index in [2.05, 4.69) is 12.2 Å².